The zero-order valence-electron chi connectivity index (χ0n) is 15.0. The molecule has 27 heavy (non-hydrogen) atoms. The van der Waals surface area contributed by atoms with Gasteiger partial charge in [0.1, 0.15) is 5.58 Å². The third kappa shape index (κ3) is 3.51. The number of carbonyl (C=O) groups is 1. The van der Waals surface area contributed by atoms with Crippen LogP contribution in [0.15, 0.2) is 44.4 Å². The minimum absolute atomic E-state index is 0.0829. The minimum atomic E-state index is -3.64. The average molecular weight is 390 g/mol. The van der Waals surface area contributed by atoms with Crippen LogP contribution in [0, 0.1) is 5.92 Å². The molecule has 1 aromatic carbocycles. The first-order valence-electron chi connectivity index (χ1n) is 9.28. The third-order valence-corrected chi connectivity index (χ3v) is 7.34. The number of likely N-dealkylation sites (tertiary alicyclic amines) is 1. The summed E-state index contributed by atoms with van der Waals surface area (Å²) in [6.07, 6.45) is 3.22. The van der Waals surface area contributed by atoms with Crippen LogP contribution in [0.5, 0.6) is 0 Å². The number of fused-ring (bicyclic) bond motifs is 1. The second-order valence-electron chi connectivity index (χ2n) is 7.16. The number of amides is 1. The molecule has 0 saturated carbocycles. The number of hydrogen-bond acceptors (Lipinski definition) is 5. The number of rotatable bonds is 3. The van der Waals surface area contributed by atoms with Crippen LogP contribution in [0.2, 0.25) is 0 Å². The molecule has 3 heterocycles. The summed E-state index contributed by atoms with van der Waals surface area (Å²) in [6.45, 7) is 2.33. The zero-order chi connectivity index (χ0) is 19.0. The van der Waals surface area contributed by atoms with Crippen LogP contribution in [0.3, 0.4) is 0 Å². The minimum Gasteiger partial charge on any atom is -0.423 e. The van der Waals surface area contributed by atoms with Crippen LogP contribution in [-0.2, 0) is 14.8 Å². The van der Waals surface area contributed by atoms with E-state index < -0.39 is 15.6 Å². The summed E-state index contributed by atoms with van der Waals surface area (Å²) in [6, 6.07) is 7.32. The zero-order valence-corrected chi connectivity index (χ0v) is 15.8. The summed E-state index contributed by atoms with van der Waals surface area (Å²) in [5.74, 6) is 0.0886. The van der Waals surface area contributed by atoms with E-state index in [1.165, 1.54) is 28.6 Å². The Labute approximate surface area is 157 Å². The van der Waals surface area contributed by atoms with Crippen LogP contribution in [0.1, 0.15) is 25.7 Å². The van der Waals surface area contributed by atoms with Crippen LogP contribution in [-0.4, -0.2) is 49.7 Å². The molecule has 8 heteroatoms. The summed E-state index contributed by atoms with van der Waals surface area (Å²) in [4.78, 5) is 25.9. The van der Waals surface area contributed by atoms with Crippen molar-refractivity contribution in [3.63, 3.8) is 0 Å². The topological polar surface area (TPSA) is 87.9 Å². The van der Waals surface area contributed by atoms with E-state index >= 15 is 0 Å². The van der Waals surface area contributed by atoms with Crippen molar-refractivity contribution in [2.24, 2.45) is 5.92 Å². The van der Waals surface area contributed by atoms with Crippen molar-refractivity contribution < 1.29 is 17.6 Å². The van der Waals surface area contributed by atoms with E-state index in [9.17, 15) is 18.0 Å². The average Bonchev–Trinajstić information content (AvgIpc) is 3.22. The predicted octanol–water partition coefficient (Wildman–Crippen LogP) is 1.82. The molecule has 2 fully saturated rings. The van der Waals surface area contributed by atoms with Gasteiger partial charge >= 0.3 is 5.63 Å². The predicted molar refractivity (Wildman–Crippen MR) is 99.8 cm³/mol. The van der Waals surface area contributed by atoms with Gasteiger partial charge in [0, 0.05) is 43.5 Å². The molecule has 4 rings (SSSR count). The van der Waals surface area contributed by atoms with E-state index in [4.69, 9.17) is 4.42 Å². The number of piperidine rings is 1. The molecule has 2 aliphatic rings. The van der Waals surface area contributed by atoms with Crippen molar-refractivity contribution in [1.82, 2.24) is 9.21 Å². The van der Waals surface area contributed by atoms with E-state index in [0.717, 1.165) is 25.9 Å². The first kappa shape index (κ1) is 18.2. The number of hydrogen-bond donors (Lipinski definition) is 0. The Morgan fingerprint density at radius 2 is 1.70 bits per heavy atom. The van der Waals surface area contributed by atoms with Crippen LogP contribution in [0.25, 0.3) is 11.0 Å². The highest BCUT2D eigenvalue weighted by Gasteiger charge is 2.34. The van der Waals surface area contributed by atoms with Gasteiger partial charge in [-0.15, -0.1) is 0 Å². The van der Waals surface area contributed by atoms with Gasteiger partial charge in [0.25, 0.3) is 0 Å². The summed E-state index contributed by atoms with van der Waals surface area (Å²) in [5, 5.41) is 0.565. The molecule has 144 valence electrons. The largest absolute Gasteiger partial charge is 0.423 e. The highest BCUT2D eigenvalue weighted by molar-refractivity contribution is 7.89. The van der Waals surface area contributed by atoms with Gasteiger partial charge in [-0.1, -0.05) is 0 Å². The van der Waals surface area contributed by atoms with Crippen molar-refractivity contribution in [2.75, 3.05) is 26.2 Å². The van der Waals surface area contributed by atoms with Gasteiger partial charge in [-0.2, -0.15) is 4.31 Å². The second kappa shape index (κ2) is 7.09. The second-order valence-corrected chi connectivity index (χ2v) is 9.10. The quantitative estimate of drug-likeness (QED) is 0.746. The number of sulfonamides is 1. The van der Waals surface area contributed by atoms with Gasteiger partial charge in [-0.25, -0.2) is 13.2 Å². The molecule has 2 aromatic rings. The Kier molecular flexibility index (Phi) is 4.77. The van der Waals surface area contributed by atoms with Gasteiger partial charge in [-0.05, 0) is 49.9 Å². The maximum atomic E-state index is 13.0. The molecule has 7 nitrogen and oxygen atoms in total. The van der Waals surface area contributed by atoms with Gasteiger partial charge in [0.2, 0.25) is 15.9 Å². The van der Waals surface area contributed by atoms with E-state index in [-0.39, 0.29) is 16.7 Å². The number of benzene rings is 1. The molecule has 1 amide bonds. The van der Waals surface area contributed by atoms with Crippen molar-refractivity contribution in [3.05, 3.63) is 40.8 Å². The molecule has 0 N–H and O–H groups in total. The van der Waals surface area contributed by atoms with E-state index in [1.54, 1.807) is 6.07 Å². The first-order chi connectivity index (χ1) is 12.9. The Balaban J connectivity index is 1.49. The van der Waals surface area contributed by atoms with Crippen molar-refractivity contribution >= 4 is 26.9 Å². The molecule has 1 aromatic heterocycles. The molecule has 2 saturated heterocycles. The van der Waals surface area contributed by atoms with E-state index in [1.807, 2.05) is 4.90 Å². The van der Waals surface area contributed by atoms with E-state index in [0.29, 0.717) is 36.9 Å². The number of carbonyl (C=O) groups excluding carboxylic acids is 1. The smallest absolute Gasteiger partial charge is 0.336 e. The van der Waals surface area contributed by atoms with Crippen LogP contribution < -0.4 is 5.63 Å². The fourth-order valence-electron chi connectivity index (χ4n) is 3.90. The maximum absolute atomic E-state index is 13.0. The Hall–Kier alpha value is -2.19. The summed E-state index contributed by atoms with van der Waals surface area (Å²) in [5.41, 5.74) is -0.112. The molecule has 0 atom stereocenters. The lowest BCUT2D eigenvalue weighted by molar-refractivity contribution is -0.135. The standard InChI is InChI=1S/C19H22N2O5S/c22-18-6-3-15-13-16(4-5-17(15)26-18)27(24,25)21-11-7-14(8-12-21)19(23)20-9-1-2-10-20/h3-6,13-14H,1-2,7-12H2. The summed E-state index contributed by atoms with van der Waals surface area (Å²) in [7, 11) is -3.64. The molecule has 0 unspecified atom stereocenters. The molecule has 0 aliphatic carbocycles. The lowest BCUT2D eigenvalue weighted by atomic mass is 9.97. The van der Waals surface area contributed by atoms with Gasteiger partial charge in [0.05, 0.1) is 4.90 Å². The van der Waals surface area contributed by atoms with E-state index in [2.05, 4.69) is 0 Å². The monoisotopic (exact) mass is 390 g/mol. The summed E-state index contributed by atoms with van der Waals surface area (Å²) < 4.78 is 32.4. The van der Waals surface area contributed by atoms with Gasteiger partial charge in [0.15, 0.2) is 0 Å². The fraction of sp³-hybridized carbons (Fsp3) is 0.474. The lowest BCUT2D eigenvalue weighted by Crippen LogP contribution is -2.43. The highest BCUT2D eigenvalue weighted by atomic mass is 32.2. The number of nitrogens with zero attached hydrogens (tertiary/aromatic N) is 2. The molecule has 0 radical (unpaired) electrons. The Bertz CT molecular complexity index is 1020. The lowest BCUT2D eigenvalue weighted by Gasteiger charge is -2.32. The Morgan fingerprint density at radius 3 is 2.41 bits per heavy atom. The van der Waals surface area contributed by atoms with Crippen molar-refractivity contribution in [2.45, 2.75) is 30.6 Å². The van der Waals surface area contributed by atoms with Crippen molar-refractivity contribution in [1.29, 1.82) is 0 Å². The SMILES string of the molecule is O=C(C1CCN(S(=O)(=O)c2ccc3oc(=O)ccc3c2)CC1)N1CCCC1. The van der Waals surface area contributed by atoms with Crippen molar-refractivity contribution in [3.8, 4) is 0 Å². The molecular formula is C19H22N2O5S. The van der Waals surface area contributed by atoms with Crippen LogP contribution >= 0.6 is 0 Å². The third-order valence-electron chi connectivity index (χ3n) is 5.45. The highest BCUT2D eigenvalue weighted by Crippen LogP contribution is 2.27. The maximum Gasteiger partial charge on any atom is 0.336 e. The van der Waals surface area contributed by atoms with Gasteiger partial charge in [-0.3, -0.25) is 4.79 Å². The Morgan fingerprint density at radius 1 is 1.00 bits per heavy atom. The molecule has 2 aliphatic heterocycles. The normalized spacial score (nSPS) is 19.6. The fourth-order valence-corrected chi connectivity index (χ4v) is 5.40. The summed E-state index contributed by atoms with van der Waals surface area (Å²) >= 11 is 0. The first-order valence-corrected chi connectivity index (χ1v) is 10.7. The molecule has 0 bridgehead atoms. The van der Waals surface area contributed by atoms with Gasteiger partial charge < -0.3 is 9.32 Å². The molecule has 0 spiro atoms. The van der Waals surface area contributed by atoms with Crippen LogP contribution in [0.4, 0.5) is 0 Å². The molecular weight excluding hydrogens is 368 g/mol.